The maximum Gasteiger partial charge on any atom is 0.279 e. The Morgan fingerprint density at radius 2 is 2.00 bits per heavy atom. The van der Waals surface area contributed by atoms with E-state index in [0.29, 0.717) is 32.1 Å². The topological polar surface area (TPSA) is 59.4 Å². The van der Waals surface area contributed by atoms with Gasteiger partial charge in [-0.2, -0.15) is 0 Å². The van der Waals surface area contributed by atoms with E-state index in [1.807, 2.05) is 25.1 Å². The second-order valence-electron chi connectivity index (χ2n) is 7.82. The van der Waals surface area contributed by atoms with Gasteiger partial charge in [-0.15, -0.1) is 0 Å². The van der Waals surface area contributed by atoms with Crippen LogP contribution in [0.15, 0.2) is 36.1 Å². The van der Waals surface area contributed by atoms with Crippen LogP contribution in [0.5, 0.6) is 10.9 Å². The van der Waals surface area contributed by atoms with E-state index in [4.69, 9.17) is 27.9 Å². The maximum atomic E-state index is 13.0. The first-order valence-corrected chi connectivity index (χ1v) is 11.6. The lowest BCUT2D eigenvalue weighted by Gasteiger charge is -2.23. The van der Waals surface area contributed by atoms with Gasteiger partial charge in [0.25, 0.3) is 5.19 Å². The van der Waals surface area contributed by atoms with Crippen LogP contribution in [0.4, 0.5) is 0 Å². The number of aliphatic hydroxyl groups is 1. The van der Waals surface area contributed by atoms with Crippen molar-refractivity contribution in [1.82, 2.24) is 4.98 Å². The molecule has 1 saturated carbocycles. The molecule has 154 valence electrons. The SMILES string of the molecule is CCc1ccc(Oc2nc3c(Cl)cc(Cl)cc3s2)cc1C1=C(O)[C@@H]2CC[C@@H](C2)C1=O. The summed E-state index contributed by atoms with van der Waals surface area (Å²) in [6.45, 7) is 2.04. The summed E-state index contributed by atoms with van der Waals surface area (Å²) >= 11 is 13.7. The van der Waals surface area contributed by atoms with Crippen LogP contribution < -0.4 is 4.74 Å². The van der Waals surface area contributed by atoms with Gasteiger partial charge in [0.2, 0.25) is 0 Å². The number of carbonyl (C=O) groups is 1. The molecule has 4 nitrogen and oxygen atoms in total. The van der Waals surface area contributed by atoms with E-state index < -0.39 is 0 Å². The fourth-order valence-corrected chi connectivity index (χ4v) is 6.07. The van der Waals surface area contributed by atoms with Gasteiger partial charge in [0, 0.05) is 16.9 Å². The molecular weight excluding hydrogens is 441 g/mol. The van der Waals surface area contributed by atoms with E-state index >= 15 is 0 Å². The molecule has 2 aliphatic rings. The minimum absolute atomic E-state index is 0.0198. The van der Waals surface area contributed by atoms with Crippen molar-refractivity contribution in [3.05, 3.63) is 57.3 Å². The fourth-order valence-electron chi connectivity index (χ4n) is 4.51. The molecule has 0 spiro atoms. The minimum atomic E-state index is 0.0198. The van der Waals surface area contributed by atoms with Crippen molar-refractivity contribution in [3.8, 4) is 10.9 Å². The number of hydrogen-bond acceptors (Lipinski definition) is 5. The molecule has 2 aliphatic carbocycles. The molecule has 2 atom stereocenters. The third kappa shape index (κ3) is 3.29. The van der Waals surface area contributed by atoms with E-state index in [1.165, 1.54) is 11.3 Å². The average Bonchev–Trinajstić information content (AvgIpc) is 3.33. The molecule has 5 rings (SSSR count). The fraction of sp³-hybridized carbons (Fsp3) is 0.304. The molecule has 3 aromatic rings. The lowest BCUT2D eigenvalue weighted by atomic mass is 9.81. The van der Waals surface area contributed by atoms with Crippen LogP contribution in [0.3, 0.4) is 0 Å². The number of rotatable bonds is 4. The Bertz CT molecular complexity index is 1220. The van der Waals surface area contributed by atoms with Crippen LogP contribution in [-0.4, -0.2) is 15.9 Å². The number of aliphatic hydroxyl groups excluding tert-OH is 1. The standard InChI is InChI=1S/C23H19Cl2NO3S/c1-2-11-5-6-15(29-23-26-20-17(25)8-14(24)9-18(20)30-23)10-16(11)19-21(27)12-3-4-13(7-12)22(19)28/h5-6,8-10,12-13,27H,2-4,7H2,1H3/t12-,13+/m1/s1. The molecule has 1 fully saturated rings. The van der Waals surface area contributed by atoms with Crippen molar-refractivity contribution in [2.75, 3.05) is 0 Å². The second-order valence-corrected chi connectivity index (χ2v) is 9.66. The summed E-state index contributed by atoms with van der Waals surface area (Å²) in [4.78, 5) is 17.5. The van der Waals surface area contributed by atoms with Crippen molar-refractivity contribution >= 4 is 56.1 Å². The van der Waals surface area contributed by atoms with Crippen molar-refractivity contribution in [3.63, 3.8) is 0 Å². The summed E-state index contributed by atoms with van der Waals surface area (Å²) < 4.78 is 6.86. The third-order valence-corrected chi connectivity index (χ3v) is 7.41. The van der Waals surface area contributed by atoms with Gasteiger partial charge in [0.15, 0.2) is 5.78 Å². The zero-order valence-electron chi connectivity index (χ0n) is 16.2. The first-order chi connectivity index (χ1) is 14.4. The number of ketones is 1. The Kier molecular flexibility index (Phi) is 5.00. The van der Waals surface area contributed by atoms with E-state index in [-0.39, 0.29) is 23.4 Å². The Morgan fingerprint density at radius 1 is 1.20 bits per heavy atom. The zero-order valence-corrected chi connectivity index (χ0v) is 18.6. The van der Waals surface area contributed by atoms with E-state index in [0.717, 1.165) is 41.5 Å². The second kappa shape index (κ2) is 7.56. The molecule has 0 amide bonds. The van der Waals surface area contributed by atoms with E-state index in [2.05, 4.69) is 4.98 Å². The monoisotopic (exact) mass is 459 g/mol. The number of nitrogens with zero attached hydrogens (tertiary/aromatic N) is 1. The van der Waals surface area contributed by atoms with Gasteiger partial charge in [-0.1, -0.05) is 47.5 Å². The third-order valence-electron chi connectivity index (χ3n) is 6.02. The normalized spacial score (nSPS) is 21.0. The molecular formula is C23H19Cl2NO3S. The highest BCUT2D eigenvalue weighted by molar-refractivity contribution is 7.20. The summed E-state index contributed by atoms with van der Waals surface area (Å²) in [5.74, 6) is 0.963. The van der Waals surface area contributed by atoms with Crippen molar-refractivity contribution in [1.29, 1.82) is 0 Å². The van der Waals surface area contributed by atoms with Crippen molar-refractivity contribution < 1.29 is 14.6 Å². The first-order valence-electron chi connectivity index (χ1n) is 9.98. The number of Topliss-reactive ketones (excluding diaryl/α,β-unsaturated/α-hetero) is 1. The number of carbonyl (C=O) groups excluding carboxylic acids is 1. The largest absolute Gasteiger partial charge is 0.511 e. The molecule has 2 bridgehead atoms. The Hall–Kier alpha value is -2.08. The molecule has 2 aromatic carbocycles. The number of benzene rings is 2. The number of hydrogen-bond donors (Lipinski definition) is 1. The smallest absolute Gasteiger partial charge is 0.279 e. The number of ether oxygens (including phenoxy) is 1. The number of halogens is 2. The highest BCUT2D eigenvalue weighted by Crippen LogP contribution is 2.46. The number of allylic oxidation sites excluding steroid dienone is 2. The zero-order chi connectivity index (χ0) is 21.0. The number of thiazole rings is 1. The quantitative estimate of drug-likeness (QED) is 0.446. The summed E-state index contributed by atoms with van der Waals surface area (Å²) in [5.41, 5.74) is 2.88. The number of aromatic nitrogens is 1. The van der Waals surface area contributed by atoms with Crippen LogP contribution in [0.2, 0.25) is 10.0 Å². The molecule has 30 heavy (non-hydrogen) atoms. The Morgan fingerprint density at radius 3 is 2.80 bits per heavy atom. The van der Waals surface area contributed by atoms with Crippen LogP contribution in [0.1, 0.15) is 37.3 Å². The maximum absolute atomic E-state index is 13.0. The van der Waals surface area contributed by atoms with Crippen molar-refractivity contribution in [2.45, 2.75) is 32.6 Å². The van der Waals surface area contributed by atoms with Gasteiger partial charge in [-0.05, 0) is 61.1 Å². The number of aryl methyl sites for hydroxylation is 1. The van der Waals surface area contributed by atoms with Gasteiger partial charge in [-0.25, -0.2) is 4.98 Å². The van der Waals surface area contributed by atoms with Crippen LogP contribution in [0.25, 0.3) is 15.8 Å². The Balaban J connectivity index is 1.55. The predicted molar refractivity (Wildman–Crippen MR) is 121 cm³/mol. The lowest BCUT2D eigenvalue weighted by Crippen LogP contribution is -2.21. The van der Waals surface area contributed by atoms with Gasteiger partial charge < -0.3 is 9.84 Å². The van der Waals surface area contributed by atoms with Crippen LogP contribution >= 0.6 is 34.5 Å². The van der Waals surface area contributed by atoms with Gasteiger partial charge in [0.1, 0.15) is 17.0 Å². The van der Waals surface area contributed by atoms with E-state index in [9.17, 15) is 9.90 Å². The van der Waals surface area contributed by atoms with Gasteiger partial charge in [-0.3, -0.25) is 4.79 Å². The number of fused-ring (bicyclic) bond motifs is 3. The summed E-state index contributed by atoms with van der Waals surface area (Å²) in [5, 5.41) is 12.3. The lowest BCUT2D eigenvalue weighted by molar-refractivity contribution is -0.117. The summed E-state index contributed by atoms with van der Waals surface area (Å²) in [6.07, 6.45) is 3.24. The van der Waals surface area contributed by atoms with E-state index in [1.54, 1.807) is 12.1 Å². The highest BCUT2D eigenvalue weighted by atomic mass is 35.5. The molecule has 0 unspecified atom stereocenters. The van der Waals surface area contributed by atoms with Crippen LogP contribution in [-0.2, 0) is 11.2 Å². The summed E-state index contributed by atoms with van der Waals surface area (Å²) in [6, 6.07) is 9.11. The molecule has 0 aliphatic heterocycles. The molecule has 1 heterocycles. The molecule has 0 radical (unpaired) electrons. The van der Waals surface area contributed by atoms with Gasteiger partial charge in [0.05, 0.1) is 15.3 Å². The van der Waals surface area contributed by atoms with Crippen LogP contribution in [0, 0.1) is 11.8 Å². The minimum Gasteiger partial charge on any atom is -0.511 e. The van der Waals surface area contributed by atoms with Crippen molar-refractivity contribution in [2.24, 2.45) is 11.8 Å². The molecule has 0 saturated heterocycles. The first kappa shape index (κ1) is 19.9. The summed E-state index contributed by atoms with van der Waals surface area (Å²) in [7, 11) is 0. The predicted octanol–water partition coefficient (Wildman–Crippen LogP) is 7.23. The average molecular weight is 460 g/mol. The highest BCUT2D eigenvalue weighted by Gasteiger charge is 2.41. The molecule has 1 aromatic heterocycles. The Labute approximate surface area is 188 Å². The van der Waals surface area contributed by atoms with Gasteiger partial charge >= 0.3 is 0 Å². The molecule has 1 N–H and O–H groups in total. The molecule has 7 heteroatoms.